The highest BCUT2D eigenvalue weighted by atomic mass is 16.4. The normalized spacial score (nSPS) is 12.4. The van der Waals surface area contributed by atoms with E-state index in [1.54, 1.807) is 4.57 Å². The third-order valence-electron chi connectivity index (χ3n) is 3.22. The monoisotopic (exact) mass is 251 g/mol. The maximum atomic E-state index is 11.6. The second-order valence-corrected chi connectivity index (χ2v) is 4.49. The maximum absolute atomic E-state index is 11.6. The highest BCUT2D eigenvalue weighted by Crippen LogP contribution is 2.23. The molecule has 0 aliphatic heterocycles. The van der Waals surface area contributed by atoms with Crippen molar-refractivity contribution in [3.8, 4) is 0 Å². The van der Waals surface area contributed by atoms with Crippen LogP contribution < -0.4 is 0 Å². The summed E-state index contributed by atoms with van der Waals surface area (Å²) in [5.41, 5.74) is 0.773. The van der Waals surface area contributed by atoms with Crippen LogP contribution in [0.3, 0.4) is 0 Å². The van der Waals surface area contributed by atoms with Gasteiger partial charge in [0.05, 0.1) is 0 Å². The van der Waals surface area contributed by atoms with Crippen LogP contribution in [0.5, 0.6) is 0 Å². The molecule has 0 bridgehead atoms. The van der Waals surface area contributed by atoms with Gasteiger partial charge in [-0.3, -0.25) is 0 Å². The molecule has 3 rings (SSSR count). The summed E-state index contributed by atoms with van der Waals surface area (Å²) in [7, 11) is 0. The van der Waals surface area contributed by atoms with Crippen molar-refractivity contribution in [3.63, 3.8) is 0 Å². The van der Waals surface area contributed by atoms with Gasteiger partial charge in [-0.25, -0.2) is 4.79 Å². The van der Waals surface area contributed by atoms with Gasteiger partial charge in [-0.05, 0) is 16.3 Å². The van der Waals surface area contributed by atoms with Crippen molar-refractivity contribution in [2.75, 3.05) is 0 Å². The van der Waals surface area contributed by atoms with Gasteiger partial charge in [0.1, 0.15) is 0 Å². The molecule has 3 nitrogen and oxygen atoms in total. The lowest BCUT2D eigenvalue weighted by Gasteiger charge is -2.14. The number of rotatable bonds is 3. The molecule has 0 radical (unpaired) electrons. The Morgan fingerprint density at radius 2 is 1.42 bits per heavy atom. The minimum Gasteiger partial charge on any atom is -0.479 e. The molecule has 19 heavy (non-hydrogen) atoms. The van der Waals surface area contributed by atoms with Gasteiger partial charge in [-0.15, -0.1) is 0 Å². The molecule has 1 heterocycles. The van der Waals surface area contributed by atoms with Crippen LogP contribution in [0.15, 0.2) is 67.0 Å². The number of carboxylic acid groups (broad SMARTS) is 1. The predicted octanol–water partition coefficient (Wildman–Crippen LogP) is 3.32. The Hall–Kier alpha value is -2.55. The van der Waals surface area contributed by atoms with E-state index in [2.05, 4.69) is 0 Å². The van der Waals surface area contributed by atoms with Crippen LogP contribution in [-0.4, -0.2) is 15.6 Å². The third kappa shape index (κ3) is 2.10. The molecule has 0 saturated heterocycles. The van der Waals surface area contributed by atoms with E-state index in [9.17, 15) is 9.90 Å². The second-order valence-electron chi connectivity index (χ2n) is 4.49. The lowest BCUT2D eigenvalue weighted by Crippen LogP contribution is -2.18. The Bertz CT molecular complexity index is 683. The molecule has 0 amide bonds. The molecule has 0 fully saturated rings. The average molecular weight is 251 g/mol. The zero-order valence-electron chi connectivity index (χ0n) is 10.2. The van der Waals surface area contributed by atoms with Gasteiger partial charge < -0.3 is 9.67 Å². The van der Waals surface area contributed by atoms with E-state index in [1.165, 1.54) is 0 Å². The number of carbonyl (C=O) groups is 1. The van der Waals surface area contributed by atoms with Gasteiger partial charge in [-0.1, -0.05) is 54.6 Å². The first kappa shape index (κ1) is 11.5. The van der Waals surface area contributed by atoms with Gasteiger partial charge in [0.2, 0.25) is 0 Å². The summed E-state index contributed by atoms with van der Waals surface area (Å²) in [5.74, 6) is -0.855. The molecule has 0 spiro atoms. The molecule has 0 saturated carbocycles. The molecule has 1 atom stereocenters. The molecule has 1 unspecified atom stereocenters. The minimum atomic E-state index is -0.855. The van der Waals surface area contributed by atoms with Gasteiger partial charge in [0.25, 0.3) is 0 Å². The summed E-state index contributed by atoms with van der Waals surface area (Å²) in [6, 6.07) is 16.4. The van der Waals surface area contributed by atoms with E-state index in [0.717, 1.165) is 16.3 Å². The molecule has 94 valence electrons. The van der Waals surface area contributed by atoms with Crippen LogP contribution in [-0.2, 0) is 4.79 Å². The van der Waals surface area contributed by atoms with Crippen molar-refractivity contribution in [1.82, 2.24) is 4.57 Å². The van der Waals surface area contributed by atoms with Crippen LogP contribution in [0.25, 0.3) is 10.8 Å². The predicted molar refractivity (Wildman–Crippen MR) is 74.2 cm³/mol. The van der Waals surface area contributed by atoms with Crippen LogP contribution >= 0.6 is 0 Å². The van der Waals surface area contributed by atoms with E-state index >= 15 is 0 Å². The minimum absolute atomic E-state index is 0.686. The number of aliphatic carboxylic acids is 1. The van der Waals surface area contributed by atoms with E-state index in [4.69, 9.17) is 0 Å². The Balaban J connectivity index is 2.12. The fourth-order valence-electron chi connectivity index (χ4n) is 2.33. The number of nitrogens with zero attached hydrogens (tertiary/aromatic N) is 1. The van der Waals surface area contributed by atoms with E-state index < -0.39 is 12.0 Å². The SMILES string of the molecule is O=C(O)C(c1ccccc1)n1cc2ccccc2c1. The zero-order valence-corrected chi connectivity index (χ0v) is 10.2. The van der Waals surface area contributed by atoms with Crippen molar-refractivity contribution < 1.29 is 9.90 Å². The molecular weight excluding hydrogens is 238 g/mol. The summed E-state index contributed by atoms with van der Waals surface area (Å²) < 4.78 is 1.75. The number of fused-ring (bicyclic) bond motifs is 1. The number of hydrogen-bond donors (Lipinski definition) is 1. The first-order valence-corrected chi connectivity index (χ1v) is 6.10. The van der Waals surface area contributed by atoms with Crippen LogP contribution in [0, 0.1) is 0 Å². The van der Waals surface area contributed by atoms with Gasteiger partial charge >= 0.3 is 5.97 Å². The number of hydrogen-bond acceptors (Lipinski definition) is 1. The fraction of sp³-hybridized carbons (Fsp3) is 0.0625. The first-order valence-electron chi connectivity index (χ1n) is 6.10. The van der Waals surface area contributed by atoms with Gasteiger partial charge in [0.15, 0.2) is 6.04 Å². The molecule has 1 aromatic heterocycles. The van der Waals surface area contributed by atoms with E-state index in [0.29, 0.717) is 0 Å². The average Bonchev–Trinajstić information content (AvgIpc) is 2.82. The smallest absolute Gasteiger partial charge is 0.331 e. The van der Waals surface area contributed by atoms with Crippen molar-refractivity contribution >= 4 is 16.7 Å². The quantitative estimate of drug-likeness (QED) is 0.776. The largest absolute Gasteiger partial charge is 0.479 e. The van der Waals surface area contributed by atoms with Crippen molar-refractivity contribution in [2.45, 2.75) is 6.04 Å². The number of aromatic nitrogens is 1. The molecule has 1 N–H and O–H groups in total. The van der Waals surface area contributed by atoms with E-state index in [1.807, 2.05) is 67.0 Å². The first-order chi connectivity index (χ1) is 9.25. The Morgan fingerprint density at radius 1 is 0.895 bits per heavy atom. The topological polar surface area (TPSA) is 42.2 Å². The van der Waals surface area contributed by atoms with Crippen molar-refractivity contribution in [2.24, 2.45) is 0 Å². The molecule has 0 aliphatic rings. The second kappa shape index (κ2) is 4.61. The Kier molecular flexibility index (Phi) is 2.80. The summed E-state index contributed by atoms with van der Waals surface area (Å²) in [6.07, 6.45) is 3.75. The summed E-state index contributed by atoms with van der Waals surface area (Å²) in [5, 5.41) is 11.6. The zero-order chi connectivity index (χ0) is 13.2. The molecule has 3 heteroatoms. The number of benzene rings is 2. The Labute approximate surface area is 110 Å². The summed E-state index contributed by atoms with van der Waals surface area (Å²) in [4.78, 5) is 11.6. The Morgan fingerprint density at radius 3 is 1.95 bits per heavy atom. The summed E-state index contributed by atoms with van der Waals surface area (Å²) in [6.45, 7) is 0. The van der Waals surface area contributed by atoms with Crippen molar-refractivity contribution in [1.29, 1.82) is 0 Å². The van der Waals surface area contributed by atoms with Crippen LogP contribution in [0.4, 0.5) is 0 Å². The third-order valence-corrected chi connectivity index (χ3v) is 3.22. The highest BCUT2D eigenvalue weighted by Gasteiger charge is 2.21. The highest BCUT2D eigenvalue weighted by molar-refractivity contribution is 5.84. The van der Waals surface area contributed by atoms with Gasteiger partial charge in [-0.2, -0.15) is 0 Å². The molecule has 3 aromatic rings. The van der Waals surface area contributed by atoms with Gasteiger partial charge in [0, 0.05) is 12.4 Å². The molecule has 0 aliphatic carbocycles. The van der Waals surface area contributed by atoms with E-state index in [-0.39, 0.29) is 0 Å². The fourth-order valence-corrected chi connectivity index (χ4v) is 2.33. The van der Waals surface area contributed by atoms with Crippen LogP contribution in [0.1, 0.15) is 11.6 Å². The standard InChI is InChI=1S/C16H13NO2/c18-16(19)15(12-6-2-1-3-7-12)17-10-13-8-4-5-9-14(13)11-17/h1-11,15H,(H,18,19). The van der Waals surface area contributed by atoms with Crippen molar-refractivity contribution in [3.05, 3.63) is 72.6 Å². The molecular formula is C16H13NO2. The van der Waals surface area contributed by atoms with Crippen LogP contribution in [0.2, 0.25) is 0 Å². The summed E-state index contributed by atoms with van der Waals surface area (Å²) >= 11 is 0. The number of carboxylic acids is 1. The lowest BCUT2D eigenvalue weighted by atomic mass is 10.1. The lowest BCUT2D eigenvalue weighted by molar-refractivity contribution is -0.139. The maximum Gasteiger partial charge on any atom is 0.331 e. The molecule has 2 aromatic carbocycles.